The molecule has 0 spiro atoms. The van der Waals surface area contributed by atoms with Crippen LogP contribution < -0.4 is 5.32 Å². The number of nitrogens with one attached hydrogen (secondary N) is 1. The quantitative estimate of drug-likeness (QED) is 0.846. The van der Waals surface area contributed by atoms with E-state index in [1.807, 2.05) is 0 Å². The van der Waals surface area contributed by atoms with E-state index in [0.717, 1.165) is 0 Å². The monoisotopic (exact) mass is 299 g/mol. The molecule has 2 nitrogen and oxygen atoms in total. The molecule has 1 heterocycles. The Bertz CT molecular complexity index is 383. The van der Waals surface area contributed by atoms with Crippen molar-refractivity contribution in [1.82, 2.24) is 5.32 Å². The van der Waals surface area contributed by atoms with Gasteiger partial charge < -0.3 is 10.1 Å². The number of hydrogen-bond donors (Lipinski definition) is 1. The van der Waals surface area contributed by atoms with Crippen LogP contribution in [0.5, 0.6) is 0 Å². The van der Waals surface area contributed by atoms with Crippen LogP contribution in [-0.4, -0.2) is 25.3 Å². The Morgan fingerprint density at radius 3 is 2.61 bits per heavy atom. The first-order valence-electron chi connectivity index (χ1n) is 5.22. The van der Waals surface area contributed by atoms with Crippen molar-refractivity contribution in [3.63, 3.8) is 0 Å². The van der Waals surface area contributed by atoms with Crippen LogP contribution in [0.4, 0.5) is 13.2 Å². The molecule has 2 rings (SSSR count). The molecule has 0 unspecified atom stereocenters. The minimum absolute atomic E-state index is 0. The van der Waals surface area contributed by atoms with Gasteiger partial charge in [0.25, 0.3) is 0 Å². The Labute approximate surface area is 114 Å². The summed E-state index contributed by atoms with van der Waals surface area (Å²) < 4.78 is 42.5. The fourth-order valence-electron chi connectivity index (χ4n) is 1.75. The molecule has 1 aliphatic heterocycles. The number of alkyl halides is 3. The molecule has 1 aromatic rings. The van der Waals surface area contributed by atoms with Gasteiger partial charge in [-0.1, -0.05) is 18.2 Å². The molecule has 7 heteroatoms. The van der Waals surface area contributed by atoms with Gasteiger partial charge in [-0.3, -0.25) is 0 Å². The Balaban J connectivity index is 0.00000162. The second kappa shape index (κ2) is 6.65. The Morgan fingerprint density at radius 2 is 2.00 bits per heavy atom. The number of morpholine rings is 1. The van der Waals surface area contributed by atoms with Crippen molar-refractivity contribution in [2.24, 2.45) is 0 Å². The summed E-state index contributed by atoms with van der Waals surface area (Å²) in [5.41, 5.74) is -3.61. The van der Waals surface area contributed by atoms with Crippen molar-refractivity contribution >= 4 is 24.2 Å². The minimum atomic E-state index is -4.26. The summed E-state index contributed by atoms with van der Waals surface area (Å²) in [6, 6.07) is 6.40. The molecular weight excluding hydrogens is 287 g/mol. The highest BCUT2D eigenvalue weighted by atomic mass is 35.5. The fraction of sp³-hybridized carbons (Fsp3) is 0.455. The van der Waals surface area contributed by atoms with Crippen molar-refractivity contribution in [3.8, 4) is 0 Å². The molecule has 1 N–H and O–H groups in total. The molecule has 1 fully saturated rings. The third-order valence-corrected chi connectivity index (χ3v) is 3.26. The average Bonchev–Trinajstić information content (AvgIpc) is 2.29. The number of hydrogen-bond acceptors (Lipinski definition) is 3. The second-order valence-corrected chi connectivity index (χ2v) is 4.77. The van der Waals surface area contributed by atoms with Crippen molar-refractivity contribution in [3.05, 3.63) is 29.8 Å². The van der Waals surface area contributed by atoms with Crippen molar-refractivity contribution < 1.29 is 17.9 Å². The predicted molar refractivity (Wildman–Crippen MR) is 67.2 cm³/mol. The van der Waals surface area contributed by atoms with Crippen molar-refractivity contribution in [2.45, 2.75) is 16.4 Å². The van der Waals surface area contributed by atoms with Gasteiger partial charge in [-0.25, -0.2) is 0 Å². The van der Waals surface area contributed by atoms with Gasteiger partial charge in [0, 0.05) is 11.4 Å². The lowest BCUT2D eigenvalue weighted by atomic mass is 10.1. The number of rotatable bonds is 2. The van der Waals surface area contributed by atoms with E-state index in [-0.39, 0.29) is 35.1 Å². The lowest BCUT2D eigenvalue weighted by Crippen LogP contribution is -2.34. The first-order valence-corrected chi connectivity index (χ1v) is 6.04. The van der Waals surface area contributed by atoms with Crippen LogP contribution in [0.3, 0.4) is 0 Å². The van der Waals surface area contributed by atoms with Gasteiger partial charge in [0.1, 0.15) is 0 Å². The first-order chi connectivity index (χ1) is 8.06. The maximum atomic E-state index is 12.4. The molecule has 0 aromatic heterocycles. The van der Waals surface area contributed by atoms with E-state index in [9.17, 15) is 13.2 Å². The van der Waals surface area contributed by atoms with Gasteiger partial charge in [-0.2, -0.15) is 13.2 Å². The molecule has 0 radical (unpaired) electrons. The van der Waals surface area contributed by atoms with Crippen LogP contribution in [0.2, 0.25) is 0 Å². The predicted octanol–water partition coefficient (Wildman–Crippen LogP) is 3.38. The summed E-state index contributed by atoms with van der Waals surface area (Å²) in [7, 11) is 0. The van der Waals surface area contributed by atoms with Crippen LogP contribution >= 0.6 is 24.2 Å². The smallest absolute Gasteiger partial charge is 0.378 e. The van der Waals surface area contributed by atoms with Gasteiger partial charge in [0.05, 0.1) is 19.3 Å². The lowest BCUT2D eigenvalue weighted by Gasteiger charge is -2.26. The number of benzene rings is 1. The molecule has 0 amide bonds. The van der Waals surface area contributed by atoms with Gasteiger partial charge in [0.15, 0.2) is 0 Å². The zero-order chi connectivity index (χ0) is 12.3. The molecule has 1 saturated heterocycles. The second-order valence-electron chi connectivity index (χ2n) is 3.67. The highest BCUT2D eigenvalue weighted by Crippen LogP contribution is 2.40. The molecule has 18 heavy (non-hydrogen) atoms. The Kier molecular flexibility index (Phi) is 5.78. The van der Waals surface area contributed by atoms with E-state index in [1.165, 1.54) is 6.07 Å². The highest BCUT2D eigenvalue weighted by molar-refractivity contribution is 8.00. The summed E-state index contributed by atoms with van der Waals surface area (Å²) in [6.07, 6.45) is 0. The Hall–Kier alpha value is -0.430. The number of thioether (sulfide) groups is 1. The van der Waals surface area contributed by atoms with Crippen molar-refractivity contribution in [2.75, 3.05) is 19.8 Å². The maximum absolute atomic E-state index is 12.4. The number of ether oxygens (including phenoxy) is 1. The van der Waals surface area contributed by atoms with Gasteiger partial charge in [0.2, 0.25) is 0 Å². The van der Waals surface area contributed by atoms with Gasteiger partial charge >= 0.3 is 5.51 Å². The number of halogens is 4. The van der Waals surface area contributed by atoms with E-state index >= 15 is 0 Å². The first kappa shape index (κ1) is 15.6. The SMILES string of the molecule is Cl.FC(F)(F)Sc1ccccc1[C@@H]1COCCN1. The van der Waals surface area contributed by atoms with Gasteiger partial charge in [-0.15, -0.1) is 12.4 Å². The van der Waals surface area contributed by atoms with E-state index in [1.54, 1.807) is 18.2 Å². The van der Waals surface area contributed by atoms with E-state index in [2.05, 4.69) is 5.32 Å². The van der Waals surface area contributed by atoms with Crippen LogP contribution in [0.25, 0.3) is 0 Å². The average molecular weight is 300 g/mol. The fourth-order valence-corrected chi connectivity index (χ4v) is 2.48. The summed E-state index contributed by atoms with van der Waals surface area (Å²) in [4.78, 5) is 0.239. The molecule has 0 saturated carbocycles. The van der Waals surface area contributed by atoms with Crippen LogP contribution in [0.15, 0.2) is 29.2 Å². The lowest BCUT2D eigenvalue weighted by molar-refractivity contribution is -0.0328. The summed E-state index contributed by atoms with van der Waals surface area (Å²) in [5, 5.41) is 3.16. The van der Waals surface area contributed by atoms with Crippen LogP contribution in [0.1, 0.15) is 11.6 Å². The molecule has 102 valence electrons. The van der Waals surface area contributed by atoms with Gasteiger partial charge in [-0.05, 0) is 23.4 Å². The van der Waals surface area contributed by atoms with E-state index in [0.29, 0.717) is 25.3 Å². The summed E-state index contributed by atoms with van der Waals surface area (Å²) in [5.74, 6) is 0. The molecular formula is C11H13ClF3NOS. The zero-order valence-corrected chi connectivity index (χ0v) is 11.0. The van der Waals surface area contributed by atoms with E-state index in [4.69, 9.17) is 4.74 Å². The largest absolute Gasteiger partial charge is 0.446 e. The summed E-state index contributed by atoms with van der Waals surface area (Å²) >= 11 is -0.0745. The third-order valence-electron chi connectivity index (χ3n) is 2.44. The third kappa shape index (κ3) is 4.35. The standard InChI is InChI=1S/C11H12F3NOS.ClH/c12-11(13,14)17-10-4-2-1-3-8(10)9-7-16-6-5-15-9;/h1-4,9,15H,5-7H2;1H/t9-;/m0./s1. The molecule has 1 atom stereocenters. The van der Waals surface area contributed by atoms with Crippen LogP contribution in [0, 0.1) is 0 Å². The molecule has 0 aliphatic carbocycles. The minimum Gasteiger partial charge on any atom is -0.378 e. The zero-order valence-electron chi connectivity index (χ0n) is 9.37. The van der Waals surface area contributed by atoms with Crippen molar-refractivity contribution in [1.29, 1.82) is 0 Å². The maximum Gasteiger partial charge on any atom is 0.446 e. The normalized spacial score (nSPS) is 20.3. The molecule has 1 aromatic carbocycles. The van der Waals surface area contributed by atoms with Crippen LogP contribution in [-0.2, 0) is 4.74 Å². The summed E-state index contributed by atoms with van der Waals surface area (Å²) in [6.45, 7) is 1.68. The topological polar surface area (TPSA) is 21.3 Å². The Morgan fingerprint density at radius 1 is 1.28 bits per heavy atom. The highest BCUT2D eigenvalue weighted by Gasteiger charge is 2.31. The van der Waals surface area contributed by atoms with E-state index < -0.39 is 5.51 Å². The molecule has 1 aliphatic rings. The molecule has 0 bridgehead atoms.